The van der Waals surface area contributed by atoms with Crippen LogP contribution in [0.3, 0.4) is 0 Å². The van der Waals surface area contributed by atoms with Crippen molar-refractivity contribution in [2.24, 2.45) is 0 Å². The highest BCUT2D eigenvalue weighted by Gasteiger charge is 2.15. The molecule has 0 spiro atoms. The zero-order chi connectivity index (χ0) is 10.7. The summed E-state index contributed by atoms with van der Waals surface area (Å²) in [5.41, 5.74) is 2.51. The molecule has 0 aliphatic rings. The lowest BCUT2D eigenvalue weighted by molar-refractivity contribution is 0.213. The van der Waals surface area contributed by atoms with Crippen molar-refractivity contribution in [2.75, 3.05) is 0 Å². The van der Waals surface area contributed by atoms with Crippen LogP contribution in [0.4, 0.5) is 0 Å². The fourth-order valence-electron chi connectivity index (χ4n) is 1.58. The number of pyridine rings is 1. The van der Waals surface area contributed by atoms with Crippen LogP contribution in [-0.2, 0) is 6.42 Å². The normalized spacial score (nSPS) is 12.7. The largest absolute Gasteiger partial charge is 0.472 e. The summed E-state index contributed by atoms with van der Waals surface area (Å²) in [5.74, 6) is 0. The molecule has 3 nitrogen and oxygen atoms in total. The number of aliphatic hydroxyl groups is 1. The maximum atomic E-state index is 10.1. The third kappa shape index (κ3) is 1.92. The minimum Gasteiger partial charge on any atom is -0.472 e. The van der Waals surface area contributed by atoms with Crippen molar-refractivity contribution in [1.82, 2.24) is 4.98 Å². The molecule has 0 saturated carbocycles. The lowest BCUT2D eigenvalue weighted by Crippen LogP contribution is -2.04. The monoisotopic (exact) mass is 203 g/mol. The van der Waals surface area contributed by atoms with Gasteiger partial charge in [0, 0.05) is 11.8 Å². The average molecular weight is 203 g/mol. The maximum Gasteiger partial charge on any atom is 0.124 e. The predicted molar refractivity (Wildman–Crippen MR) is 56.4 cm³/mol. The third-order valence-corrected chi connectivity index (χ3v) is 2.42. The molecule has 0 saturated heterocycles. The number of furan rings is 1. The van der Waals surface area contributed by atoms with Gasteiger partial charge in [0.25, 0.3) is 0 Å². The van der Waals surface area contributed by atoms with E-state index >= 15 is 0 Å². The number of hydrogen-bond acceptors (Lipinski definition) is 3. The fraction of sp³-hybridized carbons (Fsp3) is 0.250. The smallest absolute Gasteiger partial charge is 0.124 e. The third-order valence-electron chi connectivity index (χ3n) is 2.42. The van der Waals surface area contributed by atoms with Gasteiger partial charge in [-0.1, -0.05) is 13.0 Å². The topological polar surface area (TPSA) is 46.3 Å². The van der Waals surface area contributed by atoms with Crippen LogP contribution in [0.1, 0.15) is 29.8 Å². The molecule has 0 amide bonds. The van der Waals surface area contributed by atoms with Crippen LogP contribution < -0.4 is 0 Å². The van der Waals surface area contributed by atoms with E-state index in [4.69, 9.17) is 4.42 Å². The van der Waals surface area contributed by atoms with Crippen LogP contribution in [0.15, 0.2) is 41.3 Å². The number of nitrogens with zero attached hydrogens (tertiary/aromatic N) is 1. The summed E-state index contributed by atoms with van der Waals surface area (Å²) >= 11 is 0. The Balaban J connectivity index is 2.37. The van der Waals surface area contributed by atoms with E-state index in [-0.39, 0.29) is 0 Å². The highest BCUT2D eigenvalue weighted by molar-refractivity contribution is 5.28. The lowest BCUT2D eigenvalue weighted by Gasteiger charge is -2.11. The number of aliphatic hydroxyl groups excluding tert-OH is 1. The Bertz CT molecular complexity index is 423. The molecule has 1 N–H and O–H groups in total. The summed E-state index contributed by atoms with van der Waals surface area (Å²) < 4.78 is 4.94. The van der Waals surface area contributed by atoms with E-state index < -0.39 is 6.10 Å². The molecule has 2 rings (SSSR count). The molecular formula is C12H13NO2. The van der Waals surface area contributed by atoms with E-state index in [2.05, 4.69) is 4.98 Å². The molecule has 15 heavy (non-hydrogen) atoms. The Morgan fingerprint density at radius 1 is 1.47 bits per heavy atom. The quantitative estimate of drug-likeness (QED) is 0.832. The van der Waals surface area contributed by atoms with Gasteiger partial charge >= 0.3 is 0 Å². The molecule has 2 aromatic rings. The Labute approximate surface area is 88.4 Å². The van der Waals surface area contributed by atoms with Crippen LogP contribution in [0, 0.1) is 0 Å². The summed E-state index contributed by atoms with van der Waals surface area (Å²) in [6.45, 7) is 2.04. The summed E-state index contributed by atoms with van der Waals surface area (Å²) in [4.78, 5) is 4.21. The zero-order valence-corrected chi connectivity index (χ0v) is 8.55. The second kappa shape index (κ2) is 4.28. The first kappa shape index (κ1) is 9.93. The highest BCUT2D eigenvalue weighted by Crippen LogP contribution is 2.23. The van der Waals surface area contributed by atoms with Gasteiger partial charge in [-0.2, -0.15) is 0 Å². The summed E-state index contributed by atoms with van der Waals surface area (Å²) in [6, 6.07) is 5.61. The van der Waals surface area contributed by atoms with E-state index in [9.17, 15) is 5.11 Å². The summed E-state index contributed by atoms with van der Waals surface area (Å²) in [6.07, 6.45) is 4.95. The molecule has 0 fully saturated rings. The summed E-state index contributed by atoms with van der Waals surface area (Å²) in [5, 5.41) is 10.1. The van der Waals surface area contributed by atoms with Gasteiger partial charge in [-0.25, -0.2) is 0 Å². The van der Waals surface area contributed by atoms with E-state index in [1.54, 1.807) is 24.8 Å². The van der Waals surface area contributed by atoms with Crippen molar-refractivity contribution in [3.8, 4) is 0 Å². The standard InChI is InChI=1S/C12H13NO2/c1-2-9-4-3-6-13-11(9)12(14)10-5-7-15-8-10/h3-8,12,14H,2H2,1H3. The van der Waals surface area contributed by atoms with Crippen LogP contribution in [0.5, 0.6) is 0 Å². The molecule has 0 bridgehead atoms. The minimum atomic E-state index is -0.695. The van der Waals surface area contributed by atoms with E-state index in [0.29, 0.717) is 5.69 Å². The lowest BCUT2D eigenvalue weighted by atomic mass is 10.0. The van der Waals surface area contributed by atoms with Gasteiger partial charge in [0.15, 0.2) is 0 Å². The molecule has 0 aliphatic carbocycles. The molecular weight excluding hydrogens is 190 g/mol. The van der Waals surface area contributed by atoms with Gasteiger partial charge in [0.1, 0.15) is 6.10 Å². The predicted octanol–water partition coefficient (Wildman–Crippen LogP) is 2.32. The molecule has 2 aromatic heterocycles. The van der Waals surface area contributed by atoms with Crippen LogP contribution >= 0.6 is 0 Å². The van der Waals surface area contributed by atoms with Gasteiger partial charge in [-0.3, -0.25) is 4.98 Å². The number of hydrogen-bond donors (Lipinski definition) is 1. The van der Waals surface area contributed by atoms with Crippen molar-refractivity contribution < 1.29 is 9.52 Å². The average Bonchev–Trinajstić information content (AvgIpc) is 2.81. The van der Waals surface area contributed by atoms with Gasteiger partial charge < -0.3 is 9.52 Å². The van der Waals surface area contributed by atoms with Crippen molar-refractivity contribution >= 4 is 0 Å². The molecule has 78 valence electrons. The molecule has 0 radical (unpaired) electrons. The van der Waals surface area contributed by atoms with Crippen LogP contribution in [0.25, 0.3) is 0 Å². The first-order valence-electron chi connectivity index (χ1n) is 4.97. The van der Waals surface area contributed by atoms with E-state index in [0.717, 1.165) is 17.5 Å². The Morgan fingerprint density at radius 3 is 3.00 bits per heavy atom. The molecule has 1 unspecified atom stereocenters. The van der Waals surface area contributed by atoms with Gasteiger partial charge in [-0.05, 0) is 24.1 Å². The molecule has 0 aliphatic heterocycles. The van der Waals surface area contributed by atoms with Crippen molar-refractivity contribution in [3.05, 3.63) is 53.7 Å². The van der Waals surface area contributed by atoms with E-state index in [1.807, 2.05) is 19.1 Å². The Hall–Kier alpha value is -1.61. The zero-order valence-electron chi connectivity index (χ0n) is 8.55. The van der Waals surface area contributed by atoms with Crippen molar-refractivity contribution in [1.29, 1.82) is 0 Å². The molecule has 0 aromatic carbocycles. The Kier molecular flexibility index (Phi) is 2.83. The SMILES string of the molecule is CCc1cccnc1C(O)c1ccoc1. The Morgan fingerprint density at radius 2 is 2.33 bits per heavy atom. The van der Waals surface area contributed by atoms with Gasteiger partial charge in [0.05, 0.1) is 18.2 Å². The highest BCUT2D eigenvalue weighted by atomic mass is 16.3. The van der Waals surface area contributed by atoms with Gasteiger partial charge in [-0.15, -0.1) is 0 Å². The molecule has 2 heterocycles. The second-order valence-corrected chi connectivity index (χ2v) is 3.36. The summed E-state index contributed by atoms with van der Waals surface area (Å²) in [7, 11) is 0. The second-order valence-electron chi connectivity index (χ2n) is 3.36. The maximum absolute atomic E-state index is 10.1. The van der Waals surface area contributed by atoms with Gasteiger partial charge in [0.2, 0.25) is 0 Å². The first-order valence-corrected chi connectivity index (χ1v) is 4.97. The molecule has 3 heteroatoms. The van der Waals surface area contributed by atoms with E-state index in [1.165, 1.54) is 0 Å². The number of aromatic nitrogens is 1. The minimum absolute atomic E-state index is 0.695. The van der Waals surface area contributed by atoms with Crippen LogP contribution in [0.2, 0.25) is 0 Å². The van der Waals surface area contributed by atoms with Crippen molar-refractivity contribution in [3.63, 3.8) is 0 Å². The van der Waals surface area contributed by atoms with Crippen LogP contribution in [-0.4, -0.2) is 10.1 Å². The molecule has 1 atom stereocenters. The number of rotatable bonds is 3. The number of aryl methyl sites for hydroxylation is 1. The van der Waals surface area contributed by atoms with Crippen molar-refractivity contribution in [2.45, 2.75) is 19.4 Å². The first-order chi connectivity index (χ1) is 7.33. The fourth-order valence-corrected chi connectivity index (χ4v) is 1.58.